The number of Topliss-reactive ketones (excluding diaryl/α,β-unsaturated/α-hetero) is 1. The molecule has 0 fully saturated rings. The van der Waals surface area contributed by atoms with Crippen molar-refractivity contribution in [1.82, 2.24) is 5.32 Å². The number of rotatable bonds is 6. The van der Waals surface area contributed by atoms with Gasteiger partial charge in [0.1, 0.15) is 0 Å². The molecule has 100 valence electrons. The third-order valence-corrected chi connectivity index (χ3v) is 2.63. The standard InChI is InChI=1S/C15H24N2O/c1-7-15(8-10(2)14(6)18)13(5)17-12(4)9-11(3)16/h8-9,16-17H,7H2,1-6H3/b10-8+,12-9-,15-13+,16-11?. The highest BCUT2D eigenvalue weighted by Gasteiger charge is 2.02. The van der Waals surface area contributed by atoms with Gasteiger partial charge in [-0.25, -0.2) is 0 Å². The van der Waals surface area contributed by atoms with Crippen LogP contribution in [0.25, 0.3) is 0 Å². The molecule has 0 aromatic heterocycles. The van der Waals surface area contributed by atoms with Crippen molar-refractivity contribution < 1.29 is 4.79 Å². The number of ketones is 1. The third-order valence-electron chi connectivity index (χ3n) is 2.63. The summed E-state index contributed by atoms with van der Waals surface area (Å²) in [4.78, 5) is 11.2. The summed E-state index contributed by atoms with van der Waals surface area (Å²) in [5.41, 5.74) is 4.34. The van der Waals surface area contributed by atoms with E-state index < -0.39 is 0 Å². The lowest BCUT2D eigenvalue weighted by Crippen LogP contribution is -2.11. The second-order valence-corrected chi connectivity index (χ2v) is 4.52. The van der Waals surface area contributed by atoms with Crippen LogP contribution in [0.3, 0.4) is 0 Å². The highest BCUT2D eigenvalue weighted by atomic mass is 16.1. The molecule has 0 radical (unpaired) electrons. The lowest BCUT2D eigenvalue weighted by Gasteiger charge is -2.11. The average Bonchev–Trinajstić information content (AvgIpc) is 2.23. The summed E-state index contributed by atoms with van der Waals surface area (Å²) in [7, 11) is 0. The normalized spacial score (nSPS) is 14.1. The Labute approximate surface area is 110 Å². The van der Waals surface area contributed by atoms with Crippen molar-refractivity contribution >= 4 is 11.5 Å². The fourth-order valence-corrected chi connectivity index (χ4v) is 1.58. The molecule has 3 heteroatoms. The quantitative estimate of drug-likeness (QED) is 0.427. The van der Waals surface area contributed by atoms with Gasteiger partial charge in [-0.1, -0.05) is 13.0 Å². The Kier molecular flexibility index (Phi) is 6.94. The van der Waals surface area contributed by atoms with Crippen LogP contribution < -0.4 is 5.32 Å². The number of carbonyl (C=O) groups excluding carboxylic acids is 1. The van der Waals surface area contributed by atoms with E-state index in [9.17, 15) is 4.79 Å². The van der Waals surface area contributed by atoms with E-state index in [1.807, 2.05) is 26.8 Å². The van der Waals surface area contributed by atoms with Crippen LogP contribution in [0.5, 0.6) is 0 Å². The molecule has 0 bridgehead atoms. The van der Waals surface area contributed by atoms with Gasteiger partial charge >= 0.3 is 0 Å². The Hall–Kier alpha value is -1.64. The minimum atomic E-state index is 0.0938. The summed E-state index contributed by atoms with van der Waals surface area (Å²) in [6, 6.07) is 0. The highest BCUT2D eigenvalue weighted by molar-refractivity contribution is 5.93. The largest absolute Gasteiger partial charge is 0.362 e. The molecule has 0 saturated heterocycles. The van der Waals surface area contributed by atoms with E-state index in [0.29, 0.717) is 5.71 Å². The Morgan fingerprint density at radius 2 is 1.67 bits per heavy atom. The molecule has 0 unspecified atom stereocenters. The van der Waals surface area contributed by atoms with Crippen molar-refractivity contribution in [1.29, 1.82) is 5.41 Å². The van der Waals surface area contributed by atoms with E-state index in [-0.39, 0.29) is 5.78 Å². The number of nitrogens with one attached hydrogen (secondary N) is 2. The van der Waals surface area contributed by atoms with E-state index in [2.05, 4.69) is 12.2 Å². The molecule has 0 amide bonds. The molecule has 0 aromatic carbocycles. The SMILES string of the molecule is CCC(/C=C(\C)C(C)=O)=C(/C)N/C(C)=C\C(C)=N. The predicted molar refractivity (Wildman–Crippen MR) is 77.7 cm³/mol. The lowest BCUT2D eigenvalue weighted by atomic mass is 10.1. The molecule has 0 aromatic rings. The monoisotopic (exact) mass is 248 g/mol. The first kappa shape index (κ1) is 16.4. The van der Waals surface area contributed by atoms with Gasteiger partial charge in [-0.3, -0.25) is 4.79 Å². The van der Waals surface area contributed by atoms with Crippen molar-refractivity contribution in [3.05, 3.63) is 34.7 Å². The van der Waals surface area contributed by atoms with Gasteiger partial charge in [0.25, 0.3) is 0 Å². The summed E-state index contributed by atoms with van der Waals surface area (Å²) < 4.78 is 0. The number of hydrogen-bond acceptors (Lipinski definition) is 3. The zero-order valence-electron chi connectivity index (χ0n) is 12.3. The van der Waals surface area contributed by atoms with Gasteiger partial charge in [0.15, 0.2) is 5.78 Å². The van der Waals surface area contributed by atoms with Crippen LogP contribution >= 0.6 is 0 Å². The average molecular weight is 248 g/mol. The maximum absolute atomic E-state index is 11.2. The molecule has 0 rings (SSSR count). The molecular weight excluding hydrogens is 224 g/mol. The van der Waals surface area contributed by atoms with E-state index >= 15 is 0 Å². The van der Waals surface area contributed by atoms with Gasteiger partial charge < -0.3 is 10.7 Å². The summed E-state index contributed by atoms with van der Waals surface area (Å²) in [6.07, 6.45) is 4.56. The van der Waals surface area contributed by atoms with Crippen LogP contribution in [-0.2, 0) is 4.79 Å². The Morgan fingerprint density at radius 1 is 1.11 bits per heavy atom. The second-order valence-electron chi connectivity index (χ2n) is 4.52. The van der Waals surface area contributed by atoms with E-state index in [4.69, 9.17) is 5.41 Å². The van der Waals surface area contributed by atoms with Crippen molar-refractivity contribution in [2.45, 2.75) is 48.0 Å². The molecule has 0 atom stereocenters. The molecule has 0 aliphatic carbocycles. The van der Waals surface area contributed by atoms with Gasteiger partial charge in [0, 0.05) is 17.1 Å². The van der Waals surface area contributed by atoms with Crippen LogP contribution in [-0.4, -0.2) is 11.5 Å². The summed E-state index contributed by atoms with van der Waals surface area (Å²) >= 11 is 0. The molecule has 0 spiro atoms. The summed E-state index contributed by atoms with van der Waals surface area (Å²) in [6.45, 7) is 11.1. The van der Waals surface area contributed by atoms with Crippen molar-refractivity contribution in [3.8, 4) is 0 Å². The van der Waals surface area contributed by atoms with Crippen LogP contribution in [0, 0.1) is 5.41 Å². The summed E-state index contributed by atoms with van der Waals surface area (Å²) in [5.74, 6) is 0.0938. The second kappa shape index (κ2) is 7.64. The van der Waals surface area contributed by atoms with E-state index in [0.717, 1.165) is 29.0 Å². The van der Waals surface area contributed by atoms with Crippen molar-refractivity contribution in [3.63, 3.8) is 0 Å². The van der Waals surface area contributed by atoms with Gasteiger partial charge in [0.05, 0.1) is 0 Å². The molecular formula is C15H24N2O. The smallest absolute Gasteiger partial charge is 0.155 e. The Morgan fingerprint density at radius 3 is 2.06 bits per heavy atom. The highest BCUT2D eigenvalue weighted by Crippen LogP contribution is 2.12. The minimum absolute atomic E-state index is 0.0938. The third kappa shape index (κ3) is 6.18. The van der Waals surface area contributed by atoms with Crippen LogP contribution in [0.15, 0.2) is 34.7 Å². The number of carbonyl (C=O) groups is 1. The fourth-order valence-electron chi connectivity index (χ4n) is 1.58. The lowest BCUT2D eigenvalue weighted by molar-refractivity contribution is -0.113. The molecule has 0 aliphatic rings. The van der Waals surface area contributed by atoms with Gasteiger partial charge in [0.2, 0.25) is 0 Å². The van der Waals surface area contributed by atoms with Crippen LogP contribution in [0.2, 0.25) is 0 Å². The molecule has 3 nitrogen and oxygen atoms in total. The van der Waals surface area contributed by atoms with Gasteiger partial charge in [-0.15, -0.1) is 0 Å². The van der Waals surface area contributed by atoms with E-state index in [1.165, 1.54) is 0 Å². The first-order chi connectivity index (χ1) is 8.27. The molecule has 0 aliphatic heterocycles. The molecule has 0 saturated carbocycles. The first-order valence-electron chi connectivity index (χ1n) is 6.17. The molecule has 18 heavy (non-hydrogen) atoms. The minimum Gasteiger partial charge on any atom is -0.362 e. The number of allylic oxidation sites excluding steroid dienone is 6. The fraction of sp³-hybridized carbons (Fsp3) is 0.467. The van der Waals surface area contributed by atoms with E-state index in [1.54, 1.807) is 19.9 Å². The van der Waals surface area contributed by atoms with Gasteiger partial charge in [-0.05, 0) is 58.3 Å². The maximum Gasteiger partial charge on any atom is 0.155 e. The zero-order chi connectivity index (χ0) is 14.3. The van der Waals surface area contributed by atoms with Crippen LogP contribution in [0.4, 0.5) is 0 Å². The molecule has 2 N–H and O–H groups in total. The van der Waals surface area contributed by atoms with Gasteiger partial charge in [-0.2, -0.15) is 0 Å². The van der Waals surface area contributed by atoms with Crippen LogP contribution in [0.1, 0.15) is 48.0 Å². The Bertz CT molecular complexity index is 426. The van der Waals surface area contributed by atoms with Crippen molar-refractivity contribution in [2.24, 2.45) is 0 Å². The topological polar surface area (TPSA) is 53.0 Å². The maximum atomic E-state index is 11.2. The Balaban J connectivity index is 5.12. The first-order valence-corrected chi connectivity index (χ1v) is 6.17. The zero-order valence-corrected chi connectivity index (χ0v) is 12.3. The number of hydrogen-bond donors (Lipinski definition) is 2. The summed E-state index contributed by atoms with van der Waals surface area (Å²) in [5, 5.41) is 10.7. The molecule has 0 heterocycles. The van der Waals surface area contributed by atoms with Crippen molar-refractivity contribution in [2.75, 3.05) is 0 Å². The predicted octanol–water partition coefficient (Wildman–Crippen LogP) is 3.74.